The molecule has 0 spiro atoms. The summed E-state index contributed by atoms with van der Waals surface area (Å²) in [6, 6.07) is 14.8. The average Bonchev–Trinajstić information content (AvgIpc) is 3.04. The number of benzene rings is 2. The van der Waals surface area contributed by atoms with Crippen molar-refractivity contribution in [3.63, 3.8) is 0 Å². The maximum Gasteiger partial charge on any atom is 0.258 e. The summed E-state index contributed by atoms with van der Waals surface area (Å²) in [5, 5.41) is 6.66. The summed E-state index contributed by atoms with van der Waals surface area (Å²) in [4.78, 5) is 16.4. The molecule has 0 aliphatic rings. The molecule has 1 N–H and O–H groups in total. The third kappa shape index (κ3) is 3.60. The van der Waals surface area contributed by atoms with Gasteiger partial charge in [-0.3, -0.25) is 4.79 Å². The molecule has 122 valence electrons. The highest BCUT2D eigenvalue weighted by molar-refractivity contribution is 5.91. The van der Waals surface area contributed by atoms with Crippen molar-refractivity contribution in [3.05, 3.63) is 59.9 Å². The van der Waals surface area contributed by atoms with Gasteiger partial charge in [0, 0.05) is 11.3 Å². The maximum absolute atomic E-state index is 12.1. The molecular formula is C18H17N3O3. The van der Waals surface area contributed by atoms with Crippen LogP contribution in [0.2, 0.25) is 0 Å². The van der Waals surface area contributed by atoms with Gasteiger partial charge < -0.3 is 14.6 Å². The number of methoxy groups -OCH3 is 1. The van der Waals surface area contributed by atoms with Crippen molar-refractivity contribution in [1.29, 1.82) is 0 Å². The Morgan fingerprint density at radius 2 is 1.92 bits per heavy atom. The molecule has 0 aliphatic carbocycles. The van der Waals surface area contributed by atoms with Crippen LogP contribution in [0.4, 0.5) is 5.69 Å². The smallest absolute Gasteiger partial charge is 0.258 e. The molecule has 0 radical (unpaired) electrons. The number of nitrogens with zero attached hydrogens (tertiary/aromatic N) is 2. The van der Waals surface area contributed by atoms with Crippen LogP contribution < -0.4 is 10.1 Å². The Labute approximate surface area is 139 Å². The molecular weight excluding hydrogens is 306 g/mol. The lowest BCUT2D eigenvalue weighted by molar-refractivity contribution is -0.115. The summed E-state index contributed by atoms with van der Waals surface area (Å²) in [6.07, 6.45) is 0.0431. The van der Waals surface area contributed by atoms with Gasteiger partial charge in [-0.05, 0) is 42.8 Å². The van der Waals surface area contributed by atoms with E-state index in [9.17, 15) is 4.79 Å². The lowest BCUT2D eigenvalue weighted by atomic mass is 10.1. The van der Waals surface area contributed by atoms with E-state index in [1.807, 2.05) is 31.2 Å². The quantitative estimate of drug-likeness (QED) is 0.780. The van der Waals surface area contributed by atoms with Crippen LogP contribution in [0.15, 0.2) is 53.1 Å². The topological polar surface area (TPSA) is 77.2 Å². The second-order valence-corrected chi connectivity index (χ2v) is 5.28. The molecule has 1 amide bonds. The Balaban J connectivity index is 1.66. The summed E-state index contributed by atoms with van der Waals surface area (Å²) in [5.74, 6) is 1.28. The Morgan fingerprint density at radius 3 is 2.62 bits per heavy atom. The first kappa shape index (κ1) is 15.7. The van der Waals surface area contributed by atoms with Gasteiger partial charge in [-0.25, -0.2) is 0 Å². The number of anilines is 1. The molecule has 0 unspecified atom stereocenters. The molecule has 1 heterocycles. The van der Waals surface area contributed by atoms with Crippen molar-refractivity contribution in [2.75, 3.05) is 12.4 Å². The highest BCUT2D eigenvalue weighted by Gasteiger charge is 2.13. The van der Waals surface area contributed by atoms with Crippen molar-refractivity contribution < 1.29 is 14.1 Å². The van der Waals surface area contributed by atoms with Crippen LogP contribution in [0.5, 0.6) is 5.75 Å². The third-order valence-corrected chi connectivity index (χ3v) is 3.54. The molecule has 6 heteroatoms. The van der Waals surface area contributed by atoms with E-state index in [1.165, 1.54) is 0 Å². The van der Waals surface area contributed by atoms with Gasteiger partial charge in [0.25, 0.3) is 5.89 Å². The fourth-order valence-electron chi connectivity index (χ4n) is 2.27. The van der Waals surface area contributed by atoms with E-state index >= 15 is 0 Å². The standard InChI is InChI=1S/C18H17N3O3/c1-12-5-3-4-6-15(12)18-20-16(21-24-18)11-17(22)19-13-7-9-14(23-2)10-8-13/h3-10H,11H2,1-2H3,(H,19,22). The largest absolute Gasteiger partial charge is 0.497 e. The molecule has 3 rings (SSSR count). The Hall–Kier alpha value is -3.15. The second kappa shape index (κ2) is 6.95. The zero-order valence-corrected chi connectivity index (χ0v) is 13.4. The average molecular weight is 323 g/mol. The van der Waals surface area contributed by atoms with E-state index in [4.69, 9.17) is 9.26 Å². The summed E-state index contributed by atoms with van der Waals surface area (Å²) >= 11 is 0. The lowest BCUT2D eigenvalue weighted by Crippen LogP contribution is -2.15. The van der Waals surface area contributed by atoms with Crippen molar-refractivity contribution in [1.82, 2.24) is 10.1 Å². The van der Waals surface area contributed by atoms with E-state index in [0.29, 0.717) is 17.4 Å². The van der Waals surface area contributed by atoms with E-state index in [2.05, 4.69) is 15.5 Å². The van der Waals surface area contributed by atoms with Crippen LogP contribution in [0.1, 0.15) is 11.4 Å². The van der Waals surface area contributed by atoms with E-state index in [0.717, 1.165) is 16.9 Å². The fourth-order valence-corrected chi connectivity index (χ4v) is 2.27. The summed E-state index contributed by atoms with van der Waals surface area (Å²) in [6.45, 7) is 1.97. The molecule has 24 heavy (non-hydrogen) atoms. The zero-order chi connectivity index (χ0) is 16.9. The highest BCUT2D eigenvalue weighted by atomic mass is 16.5. The predicted octanol–water partition coefficient (Wildman–Crippen LogP) is 3.23. The molecule has 0 atom stereocenters. The molecule has 0 bridgehead atoms. The minimum absolute atomic E-state index is 0.0431. The van der Waals surface area contributed by atoms with Crippen LogP contribution in [0.25, 0.3) is 11.5 Å². The monoisotopic (exact) mass is 323 g/mol. The van der Waals surface area contributed by atoms with Crippen molar-refractivity contribution >= 4 is 11.6 Å². The van der Waals surface area contributed by atoms with Crippen LogP contribution in [-0.4, -0.2) is 23.2 Å². The first-order chi connectivity index (χ1) is 11.7. The van der Waals surface area contributed by atoms with Gasteiger partial charge in [0.15, 0.2) is 5.82 Å². The number of aryl methyl sites for hydroxylation is 1. The molecule has 2 aromatic carbocycles. The molecule has 0 fully saturated rings. The molecule has 6 nitrogen and oxygen atoms in total. The minimum Gasteiger partial charge on any atom is -0.497 e. The van der Waals surface area contributed by atoms with Crippen LogP contribution in [0.3, 0.4) is 0 Å². The Bertz CT molecular complexity index is 841. The number of ether oxygens (including phenoxy) is 1. The first-order valence-electron chi connectivity index (χ1n) is 7.48. The Kier molecular flexibility index (Phi) is 4.56. The number of carbonyl (C=O) groups excluding carboxylic acids is 1. The summed E-state index contributed by atoms with van der Waals surface area (Å²) < 4.78 is 10.3. The lowest BCUT2D eigenvalue weighted by Gasteiger charge is -2.04. The van der Waals surface area contributed by atoms with Crippen molar-refractivity contribution in [2.24, 2.45) is 0 Å². The molecule has 0 saturated heterocycles. The van der Waals surface area contributed by atoms with Gasteiger partial charge in [0.2, 0.25) is 5.91 Å². The normalized spacial score (nSPS) is 10.4. The van der Waals surface area contributed by atoms with Gasteiger partial charge in [0.1, 0.15) is 5.75 Å². The summed E-state index contributed by atoms with van der Waals surface area (Å²) in [7, 11) is 1.59. The van der Waals surface area contributed by atoms with Gasteiger partial charge in [-0.15, -0.1) is 0 Å². The van der Waals surface area contributed by atoms with E-state index in [1.54, 1.807) is 31.4 Å². The number of nitrogens with one attached hydrogen (secondary N) is 1. The number of carbonyl (C=O) groups is 1. The van der Waals surface area contributed by atoms with Crippen LogP contribution >= 0.6 is 0 Å². The number of rotatable bonds is 5. The van der Waals surface area contributed by atoms with E-state index in [-0.39, 0.29) is 12.3 Å². The van der Waals surface area contributed by atoms with Crippen molar-refractivity contribution in [2.45, 2.75) is 13.3 Å². The predicted molar refractivity (Wildman–Crippen MR) is 89.8 cm³/mol. The molecule has 3 aromatic rings. The van der Waals surface area contributed by atoms with Crippen LogP contribution in [0, 0.1) is 6.92 Å². The number of aromatic nitrogens is 2. The zero-order valence-electron chi connectivity index (χ0n) is 13.4. The maximum atomic E-state index is 12.1. The molecule has 0 saturated carbocycles. The highest BCUT2D eigenvalue weighted by Crippen LogP contribution is 2.21. The van der Waals surface area contributed by atoms with Gasteiger partial charge in [-0.1, -0.05) is 23.4 Å². The Morgan fingerprint density at radius 1 is 1.17 bits per heavy atom. The third-order valence-electron chi connectivity index (χ3n) is 3.54. The van der Waals surface area contributed by atoms with E-state index < -0.39 is 0 Å². The van der Waals surface area contributed by atoms with Crippen LogP contribution in [-0.2, 0) is 11.2 Å². The molecule has 1 aromatic heterocycles. The number of amides is 1. The summed E-state index contributed by atoms with van der Waals surface area (Å²) in [5.41, 5.74) is 2.59. The number of hydrogen-bond donors (Lipinski definition) is 1. The van der Waals surface area contributed by atoms with Gasteiger partial charge >= 0.3 is 0 Å². The van der Waals surface area contributed by atoms with Gasteiger partial charge in [-0.2, -0.15) is 4.98 Å². The second-order valence-electron chi connectivity index (χ2n) is 5.28. The van der Waals surface area contributed by atoms with Crippen molar-refractivity contribution in [3.8, 4) is 17.2 Å². The SMILES string of the molecule is COc1ccc(NC(=O)Cc2noc(-c3ccccc3C)n2)cc1. The fraction of sp³-hybridized carbons (Fsp3) is 0.167. The first-order valence-corrected chi connectivity index (χ1v) is 7.48. The minimum atomic E-state index is -0.211. The number of hydrogen-bond acceptors (Lipinski definition) is 5. The van der Waals surface area contributed by atoms with Gasteiger partial charge in [0.05, 0.1) is 13.5 Å². The molecule has 0 aliphatic heterocycles.